The molecule has 0 spiro atoms. The van der Waals surface area contributed by atoms with Crippen molar-refractivity contribution in [2.45, 2.75) is 0 Å². The molecule has 6 aromatic carbocycles. The number of ether oxygens (including phenoxy) is 1. The lowest BCUT2D eigenvalue weighted by molar-refractivity contribution is 0.487. The summed E-state index contributed by atoms with van der Waals surface area (Å²) in [6.45, 7) is 0.00387. The van der Waals surface area contributed by atoms with Crippen molar-refractivity contribution in [1.29, 1.82) is 0 Å². The van der Waals surface area contributed by atoms with E-state index in [4.69, 9.17) is 9.15 Å². The smallest absolute Gasteiger partial charge is 0.255 e. The lowest BCUT2D eigenvalue weighted by Crippen LogP contribution is -2.54. The predicted octanol–water partition coefficient (Wildman–Crippen LogP) is 7.54. The minimum absolute atomic E-state index is 0.00387. The van der Waals surface area contributed by atoms with Crippen molar-refractivity contribution < 1.29 is 9.15 Å². The van der Waals surface area contributed by atoms with E-state index in [0.29, 0.717) is 0 Å². The Morgan fingerprint density at radius 1 is 0.410 bits per heavy atom. The molecular weight excluding hydrogens is 475 g/mol. The largest absolute Gasteiger partial charge is 0.458 e. The zero-order chi connectivity index (χ0) is 25.8. The summed E-state index contributed by atoms with van der Waals surface area (Å²) in [4.78, 5) is 0. The first-order valence-corrected chi connectivity index (χ1v) is 13.3. The van der Waals surface area contributed by atoms with Crippen LogP contribution in [0.25, 0.3) is 44.2 Å². The quantitative estimate of drug-likeness (QED) is 0.235. The van der Waals surface area contributed by atoms with Gasteiger partial charge in [0.1, 0.15) is 22.7 Å². The second kappa shape index (κ2) is 8.78. The van der Waals surface area contributed by atoms with Crippen LogP contribution in [0.1, 0.15) is 0 Å². The standard InChI is InChI=1S/C36H23BO2/c1-3-12-24(13-4-1)26-22-28(25-14-5-2-6-15-25)35-29(23-26)27-16-11-19-32(36(27)39-35)37-30-17-7-9-20-33(30)38-34-21-10-8-18-31(34)37/h1-23H. The van der Waals surface area contributed by atoms with E-state index < -0.39 is 0 Å². The summed E-state index contributed by atoms with van der Waals surface area (Å²) < 4.78 is 13.2. The molecule has 1 aliphatic heterocycles. The lowest BCUT2D eigenvalue weighted by Gasteiger charge is -2.26. The number of fused-ring (bicyclic) bond motifs is 5. The Bertz CT molecular complexity index is 1950. The fraction of sp³-hybridized carbons (Fsp3) is 0. The van der Waals surface area contributed by atoms with E-state index in [1.807, 2.05) is 12.1 Å². The molecule has 182 valence electrons. The van der Waals surface area contributed by atoms with Crippen LogP contribution in [0.4, 0.5) is 0 Å². The topological polar surface area (TPSA) is 22.4 Å². The van der Waals surface area contributed by atoms with E-state index in [0.717, 1.165) is 61.0 Å². The molecule has 0 unspecified atom stereocenters. The second-order valence-electron chi connectivity index (χ2n) is 10.1. The first-order valence-electron chi connectivity index (χ1n) is 13.3. The van der Waals surface area contributed by atoms with Crippen molar-refractivity contribution in [1.82, 2.24) is 0 Å². The van der Waals surface area contributed by atoms with E-state index in [2.05, 4.69) is 127 Å². The van der Waals surface area contributed by atoms with E-state index >= 15 is 0 Å². The van der Waals surface area contributed by atoms with Gasteiger partial charge >= 0.3 is 0 Å². The molecule has 0 aliphatic carbocycles. The molecule has 0 saturated heterocycles. The molecular formula is C36H23BO2. The van der Waals surface area contributed by atoms with Crippen LogP contribution in [0.5, 0.6) is 11.5 Å². The average Bonchev–Trinajstić information content (AvgIpc) is 3.39. The Kier molecular flexibility index (Phi) is 4.96. The minimum atomic E-state index is 0.00387. The number of hydrogen-bond acceptors (Lipinski definition) is 2. The molecule has 8 rings (SSSR count). The third-order valence-electron chi connectivity index (χ3n) is 7.81. The highest BCUT2D eigenvalue weighted by atomic mass is 16.5. The van der Waals surface area contributed by atoms with Gasteiger partial charge in [0.2, 0.25) is 0 Å². The minimum Gasteiger partial charge on any atom is -0.458 e. The molecule has 0 fully saturated rings. The highest BCUT2D eigenvalue weighted by molar-refractivity contribution is 6.98. The first-order chi connectivity index (χ1) is 19.3. The molecule has 1 aromatic heterocycles. The van der Waals surface area contributed by atoms with E-state index in [-0.39, 0.29) is 6.71 Å². The van der Waals surface area contributed by atoms with Crippen molar-refractivity contribution in [3.63, 3.8) is 0 Å². The van der Waals surface area contributed by atoms with Crippen molar-refractivity contribution in [3.05, 3.63) is 140 Å². The van der Waals surface area contributed by atoms with Gasteiger partial charge in [-0.15, -0.1) is 0 Å². The molecule has 2 heterocycles. The van der Waals surface area contributed by atoms with E-state index in [1.165, 1.54) is 11.1 Å². The number of para-hydroxylation sites is 3. The fourth-order valence-electron chi connectivity index (χ4n) is 6.02. The Balaban J connectivity index is 1.44. The third kappa shape index (κ3) is 3.51. The third-order valence-corrected chi connectivity index (χ3v) is 7.81. The van der Waals surface area contributed by atoms with E-state index in [9.17, 15) is 0 Å². The zero-order valence-electron chi connectivity index (χ0n) is 21.2. The van der Waals surface area contributed by atoms with Gasteiger partial charge in [-0.25, -0.2) is 0 Å². The van der Waals surface area contributed by atoms with Crippen LogP contribution in [0, 0.1) is 0 Å². The fourth-order valence-corrected chi connectivity index (χ4v) is 6.02. The Labute approximate surface area is 227 Å². The normalized spacial score (nSPS) is 12.3. The molecule has 0 bridgehead atoms. The number of furan rings is 1. The second-order valence-corrected chi connectivity index (χ2v) is 10.1. The molecule has 39 heavy (non-hydrogen) atoms. The summed E-state index contributed by atoms with van der Waals surface area (Å²) in [6.07, 6.45) is 0. The Hall–Kier alpha value is -5.02. The van der Waals surface area contributed by atoms with Gasteiger partial charge in [0, 0.05) is 16.3 Å². The molecule has 3 heteroatoms. The van der Waals surface area contributed by atoms with Crippen molar-refractivity contribution in [2.24, 2.45) is 0 Å². The first kappa shape index (κ1) is 22.0. The number of hydrogen-bond donors (Lipinski definition) is 0. The SMILES string of the molecule is c1ccc(-c2cc(-c3ccccc3)c3oc4c(B5c6ccccc6Oc6ccccc65)cccc4c3c2)cc1. The van der Waals surface area contributed by atoms with Gasteiger partial charge < -0.3 is 9.15 Å². The van der Waals surface area contributed by atoms with Crippen LogP contribution < -0.4 is 21.1 Å². The maximum absolute atomic E-state index is 6.90. The molecule has 7 aromatic rings. The predicted molar refractivity (Wildman–Crippen MR) is 162 cm³/mol. The molecule has 0 N–H and O–H groups in total. The summed E-state index contributed by atoms with van der Waals surface area (Å²) in [5, 5.41) is 2.25. The van der Waals surface area contributed by atoms with Crippen LogP contribution in [-0.2, 0) is 0 Å². The molecule has 1 aliphatic rings. The van der Waals surface area contributed by atoms with Gasteiger partial charge in [0.05, 0.1) is 0 Å². The lowest BCUT2D eigenvalue weighted by atomic mass is 9.35. The highest BCUT2D eigenvalue weighted by Crippen LogP contribution is 2.39. The van der Waals surface area contributed by atoms with Gasteiger partial charge in [0.25, 0.3) is 6.71 Å². The summed E-state index contributed by atoms with van der Waals surface area (Å²) in [5.41, 5.74) is 9.89. The van der Waals surface area contributed by atoms with Crippen LogP contribution in [0.3, 0.4) is 0 Å². The zero-order valence-corrected chi connectivity index (χ0v) is 21.2. The molecule has 0 radical (unpaired) electrons. The van der Waals surface area contributed by atoms with Gasteiger partial charge in [-0.05, 0) is 57.3 Å². The van der Waals surface area contributed by atoms with Gasteiger partial charge in [-0.2, -0.15) is 0 Å². The van der Waals surface area contributed by atoms with Crippen LogP contribution >= 0.6 is 0 Å². The summed E-state index contributed by atoms with van der Waals surface area (Å²) >= 11 is 0. The molecule has 2 nitrogen and oxygen atoms in total. The highest BCUT2D eigenvalue weighted by Gasteiger charge is 2.34. The molecule has 0 atom stereocenters. The van der Waals surface area contributed by atoms with E-state index in [1.54, 1.807) is 0 Å². The Morgan fingerprint density at radius 2 is 1.00 bits per heavy atom. The van der Waals surface area contributed by atoms with Gasteiger partial charge in [-0.3, -0.25) is 0 Å². The summed E-state index contributed by atoms with van der Waals surface area (Å²) in [7, 11) is 0. The summed E-state index contributed by atoms with van der Waals surface area (Å²) in [6, 6.07) is 48.9. The summed E-state index contributed by atoms with van der Waals surface area (Å²) in [5.74, 6) is 1.79. The maximum atomic E-state index is 6.90. The number of rotatable bonds is 3. The van der Waals surface area contributed by atoms with Gasteiger partial charge in [0.15, 0.2) is 0 Å². The van der Waals surface area contributed by atoms with Crippen molar-refractivity contribution >= 4 is 45.0 Å². The van der Waals surface area contributed by atoms with Gasteiger partial charge in [-0.1, -0.05) is 115 Å². The average molecular weight is 498 g/mol. The molecule has 0 amide bonds. The van der Waals surface area contributed by atoms with Crippen LogP contribution in [0.2, 0.25) is 0 Å². The van der Waals surface area contributed by atoms with Crippen molar-refractivity contribution in [3.8, 4) is 33.8 Å². The van der Waals surface area contributed by atoms with Crippen LogP contribution in [0.15, 0.2) is 144 Å². The Morgan fingerprint density at radius 3 is 1.69 bits per heavy atom. The molecule has 0 saturated carbocycles. The van der Waals surface area contributed by atoms with Crippen LogP contribution in [-0.4, -0.2) is 6.71 Å². The maximum Gasteiger partial charge on any atom is 0.255 e. The number of benzene rings is 6. The monoisotopic (exact) mass is 498 g/mol. The van der Waals surface area contributed by atoms with Crippen molar-refractivity contribution in [2.75, 3.05) is 0 Å².